The molecule has 136 valence electrons. The molecule has 6 nitrogen and oxygen atoms in total. The molecule has 7 heteroatoms. The molecule has 0 saturated carbocycles. The van der Waals surface area contributed by atoms with Crippen LogP contribution in [-0.2, 0) is 14.4 Å². The van der Waals surface area contributed by atoms with Gasteiger partial charge in [-0.1, -0.05) is 55.9 Å². The van der Waals surface area contributed by atoms with Gasteiger partial charge in [0.05, 0.1) is 0 Å². The Kier molecular flexibility index (Phi) is 6.47. The Balaban J connectivity index is 2.29. The largest absolute Gasteiger partial charge is 0.348 e. The number of rotatable bonds is 6. The van der Waals surface area contributed by atoms with Gasteiger partial charge >= 0.3 is 0 Å². The van der Waals surface area contributed by atoms with E-state index < -0.39 is 10.7 Å². The van der Waals surface area contributed by atoms with Gasteiger partial charge in [0.2, 0.25) is 17.7 Å². The minimum Gasteiger partial charge on any atom is -0.348 e. The van der Waals surface area contributed by atoms with E-state index in [0.29, 0.717) is 6.54 Å². The molecule has 2 rings (SSSR count). The quantitative estimate of drug-likeness (QED) is 0.783. The van der Waals surface area contributed by atoms with Crippen molar-refractivity contribution in [1.29, 1.82) is 0 Å². The molecular formula is C18H25N3O3S. The number of thioether (sulfide) groups is 1. The first kappa shape index (κ1) is 19.3. The van der Waals surface area contributed by atoms with Crippen molar-refractivity contribution >= 4 is 29.5 Å². The Hall–Kier alpha value is -2.02. The Morgan fingerprint density at radius 1 is 1.28 bits per heavy atom. The van der Waals surface area contributed by atoms with Crippen molar-refractivity contribution in [2.24, 2.45) is 5.92 Å². The van der Waals surface area contributed by atoms with E-state index in [2.05, 4.69) is 5.32 Å². The fraction of sp³-hybridized carbons (Fsp3) is 0.500. The molecule has 1 aliphatic heterocycles. The summed E-state index contributed by atoms with van der Waals surface area (Å²) in [4.78, 5) is 40.1. The maximum absolute atomic E-state index is 12.7. The van der Waals surface area contributed by atoms with Gasteiger partial charge in [-0.05, 0) is 11.5 Å². The highest BCUT2D eigenvalue weighted by atomic mass is 32.2. The van der Waals surface area contributed by atoms with Crippen LogP contribution >= 0.6 is 11.8 Å². The zero-order valence-corrected chi connectivity index (χ0v) is 15.9. The first-order valence-electron chi connectivity index (χ1n) is 8.30. The topological polar surface area (TPSA) is 69.7 Å². The number of carbonyl (C=O) groups excluding carboxylic acids is 3. The van der Waals surface area contributed by atoms with Gasteiger partial charge in [-0.3, -0.25) is 14.4 Å². The highest BCUT2D eigenvalue weighted by Gasteiger charge is 2.36. The minimum atomic E-state index is -0.551. The first-order chi connectivity index (χ1) is 11.8. The molecule has 1 heterocycles. The Morgan fingerprint density at radius 3 is 2.48 bits per heavy atom. The molecule has 1 aliphatic rings. The highest BCUT2D eigenvalue weighted by Crippen LogP contribution is 2.35. The molecular weight excluding hydrogens is 338 g/mol. The molecule has 25 heavy (non-hydrogen) atoms. The number of carbonyl (C=O) groups is 3. The van der Waals surface area contributed by atoms with Crippen molar-refractivity contribution in [2.45, 2.75) is 31.0 Å². The summed E-state index contributed by atoms with van der Waals surface area (Å²) in [6.07, 6.45) is -0.137. The van der Waals surface area contributed by atoms with Crippen molar-refractivity contribution in [3.05, 3.63) is 35.9 Å². The van der Waals surface area contributed by atoms with E-state index in [1.807, 2.05) is 44.2 Å². The number of nitrogens with zero attached hydrogens (tertiary/aromatic N) is 2. The summed E-state index contributed by atoms with van der Waals surface area (Å²) in [7, 11) is 3.41. The maximum Gasteiger partial charge on any atom is 0.239 e. The summed E-state index contributed by atoms with van der Waals surface area (Å²) in [5.41, 5.74) is 0.299. The lowest BCUT2D eigenvalue weighted by Gasteiger charge is -2.38. The standard InChI is InChI=1S/C18H25N3O3S/c1-12(2)11-21-15(23)10-14(22)19-18(21)25-16(17(24)20(3)4)13-8-6-5-7-9-13/h5-9,12,16,18H,10-11H2,1-4H3,(H,19,22)/t16-,18+/m0/s1. The van der Waals surface area contributed by atoms with Crippen molar-refractivity contribution in [3.8, 4) is 0 Å². The van der Waals surface area contributed by atoms with E-state index in [4.69, 9.17) is 0 Å². The third-order valence-electron chi connectivity index (χ3n) is 3.79. The SMILES string of the molecule is CC(C)CN1C(=O)CC(=O)N[C@H]1S[C@H](C(=O)N(C)C)c1ccccc1. The average Bonchev–Trinajstić information content (AvgIpc) is 2.55. The molecule has 2 atom stereocenters. The van der Waals surface area contributed by atoms with Gasteiger partial charge in [0.15, 0.2) is 5.50 Å². The van der Waals surface area contributed by atoms with Crippen LogP contribution in [0.1, 0.15) is 31.1 Å². The predicted octanol–water partition coefficient (Wildman–Crippen LogP) is 1.84. The first-order valence-corrected chi connectivity index (χ1v) is 9.24. The maximum atomic E-state index is 12.7. The molecule has 1 aromatic rings. The average molecular weight is 363 g/mol. The van der Waals surface area contributed by atoms with Crippen LogP contribution < -0.4 is 5.32 Å². The van der Waals surface area contributed by atoms with Crippen molar-refractivity contribution in [1.82, 2.24) is 15.1 Å². The number of likely N-dealkylation sites (N-methyl/N-ethyl adjacent to an activating group) is 1. The van der Waals surface area contributed by atoms with Gasteiger partial charge < -0.3 is 15.1 Å². The summed E-state index contributed by atoms with van der Waals surface area (Å²) < 4.78 is 0. The third-order valence-corrected chi connectivity index (χ3v) is 5.17. The molecule has 0 unspecified atom stereocenters. The van der Waals surface area contributed by atoms with Crippen molar-refractivity contribution < 1.29 is 14.4 Å². The second-order valence-corrected chi connectivity index (χ2v) is 7.89. The number of amides is 3. The van der Waals surface area contributed by atoms with Crippen LogP contribution in [0.2, 0.25) is 0 Å². The summed E-state index contributed by atoms with van der Waals surface area (Å²) in [5, 5.41) is 2.36. The zero-order chi connectivity index (χ0) is 18.6. The van der Waals surface area contributed by atoms with Crippen LogP contribution in [-0.4, -0.2) is 53.7 Å². The lowest BCUT2D eigenvalue weighted by atomic mass is 10.1. The second kappa shape index (κ2) is 8.38. The van der Waals surface area contributed by atoms with E-state index in [1.165, 1.54) is 16.7 Å². The fourth-order valence-corrected chi connectivity index (χ4v) is 4.05. The van der Waals surface area contributed by atoms with Gasteiger partial charge in [-0.25, -0.2) is 0 Å². The van der Waals surface area contributed by atoms with E-state index >= 15 is 0 Å². The van der Waals surface area contributed by atoms with E-state index in [-0.39, 0.29) is 30.1 Å². The van der Waals surface area contributed by atoms with E-state index in [0.717, 1.165) is 5.56 Å². The number of hydrogen-bond donors (Lipinski definition) is 1. The van der Waals surface area contributed by atoms with Crippen LogP contribution in [0.3, 0.4) is 0 Å². The van der Waals surface area contributed by atoms with Gasteiger partial charge in [-0.15, -0.1) is 0 Å². The van der Waals surface area contributed by atoms with Crippen molar-refractivity contribution in [2.75, 3.05) is 20.6 Å². The van der Waals surface area contributed by atoms with Crippen LogP contribution in [0.4, 0.5) is 0 Å². The van der Waals surface area contributed by atoms with Gasteiger partial charge in [0.25, 0.3) is 0 Å². The Bertz CT molecular complexity index is 634. The number of hydrogen-bond acceptors (Lipinski definition) is 4. The third kappa shape index (κ3) is 4.98. The van der Waals surface area contributed by atoms with Gasteiger partial charge in [-0.2, -0.15) is 0 Å². The molecule has 1 saturated heterocycles. The molecule has 1 aromatic carbocycles. The zero-order valence-electron chi connectivity index (χ0n) is 15.1. The second-order valence-electron chi connectivity index (χ2n) is 6.70. The summed E-state index contributed by atoms with van der Waals surface area (Å²) >= 11 is 1.29. The fourth-order valence-electron chi connectivity index (χ4n) is 2.61. The number of nitrogens with one attached hydrogen (secondary N) is 1. The molecule has 1 N–H and O–H groups in total. The lowest BCUT2D eigenvalue weighted by molar-refractivity contribution is -0.143. The normalized spacial score (nSPS) is 18.9. The van der Waals surface area contributed by atoms with Gasteiger partial charge in [0, 0.05) is 20.6 Å². The molecule has 0 spiro atoms. The molecule has 0 radical (unpaired) electrons. The minimum absolute atomic E-state index is 0.0760. The summed E-state index contributed by atoms with van der Waals surface area (Å²) in [6.45, 7) is 4.57. The Labute approximate surface area is 152 Å². The molecule has 0 aliphatic carbocycles. The highest BCUT2D eigenvalue weighted by molar-refractivity contribution is 8.00. The Morgan fingerprint density at radius 2 is 1.92 bits per heavy atom. The number of benzene rings is 1. The molecule has 3 amide bonds. The van der Waals surface area contributed by atoms with E-state index in [1.54, 1.807) is 19.0 Å². The van der Waals surface area contributed by atoms with Crippen LogP contribution in [0.15, 0.2) is 30.3 Å². The monoisotopic (exact) mass is 363 g/mol. The molecule has 1 fully saturated rings. The predicted molar refractivity (Wildman–Crippen MR) is 98.6 cm³/mol. The van der Waals surface area contributed by atoms with Crippen molar-refractivity contribution in [3.63, 3.8) is 0 Å². The van der Waals surface area contributed by atoms with Crippen LogP contribution in [0.5, 0.6) is 0 Å². The van der Waals surface area contributed by atoms with Gasteiger partial charge in [0.1, 0.15) is 11.7 Å². The van der Waals surface area contributed by atoms with Crippen LogP contribution in [0.25, 0.3) is 0 Å². The summed E-state index contributed by atoms with van der Waals surface area (Å²) in [6, 6.07) is 9.42. The summed E-state index contributed by atoms with van der Waals surface area (Å²) in [5.74, 6) is -0.305. The smallest absolute Gasteiger partial charge is 0.239 e. The molecule has 0 aromatic heterocycles. The molecule has 0 bridgehead atoms. The van der Waals surface area contributed by atoms with Crippen LogP contribution in [0, 0.1) is 5.92 Å². The lowest BCUT2D eigenvalue weighted by Crippen LogP contribution is -2.56. The van der Waals surface area contributed by atoms with E-state index in [9.17, 15) is 14.4 Å².